The van der Waals surface area contributed by atoms with Gasteiger partial charge in [-0.2, -0.15) is 0 Å². The van der Waals surface area contributed by atoms with Crippen molar-refractivity contribution < 1.29 is 4.79 Å². The van der Waals surface area contributed by atoms with Crippen molar-refractivity contribution in [1.29, 1.82) is 0 Å². The lowest BCUT2D eigenvalue weighted by molar-refractivity contribution is -0.126. The van der Waals surface area contributed by atoms with E-state index in [0.717, 1.165) is 5.57 Å². The minimum absolute atomic E-state index is 0.159. The molecule has 0 aromatic rings. The molecule has 1 rings (SSSR count). The average Bonchev–Trinajstić information content (AvgIpc) is 2.53. The number of allylic oxidation sites excluding steroid dienone is 1. The standard InChI is InChI=1S/C11H19NO/c1-9(2)8-11(13)12(3)10-6-4-5-7-10/h8,10H,4-7H2,1-3H3. The Hall–Kier alpha value is -0.790. The molecule has 2 nitrogen and oxygen atoms in total. The molecule has 0 saturated heterocycles. The van der Waals surface area contributed by atoms with E-state index in [0.29, 0.717) is 6.04 Å². The maximum absolute atomic E-state index is 11.6. The van der Waals surface area contributed by atoms with Gasteiger partial charge in [0, 0.05) is 19.2 Å². The van der Waals surface area contributed by atoms with Gasteiger partial charge < -0.3 is 4.90 Å². The molecule has 1 aliphatic rings. The second-order valence-corrected chi connectivity index (χ2v) is 4.11. The van der Waals surface area contributed by atoms with E-state index in [4.69, 9.17) is 0 Å². The van der Waals surface area contributed by atoms with Crippen LogP contribution in [-0.4, -0.2) is 23.9 Å². The Morgan fingerprint density at radius 2 is 1.85 bits per heavy atom. The van der Waals surface area contributed by atoms with E-state index < -0.39 is 0 Å². The molecule has 1 saturated carbocycles. The number of carbonyl (C=O) groups excluding carboxylic acids is 1. The number of nitrogens with zero attached hydrogens (tertiary/aromatic N) is 1. The van der Waals surface area contributed by atoms with Crippen LogP contribution in [0.2, 0.25) is 0 Å². The molecule has 1 amide bonds. The fourth-order valence-electron chi connectivity index (χ4n) is 1.82. The molecule has 0 heterocycles. The number of likely N-dealkylation sites (N-methyl/N-ethyl adjacent to an activating group) is 1. The summed E-state index contributed by atoms with van der Waals surface area (Å²) in [5.74, 6) is 0.159. The monoisotopic (exact) mass is 181 g/mol. The normalized spacial score (nSPS) is 17.2. The molecule has 0 N–H and O–H groups in total. The molecule has 0 atom stereocenters. The van der Waals surface area contributed by atoms with Crippen molar-refractivity contribution in [2.24, 2.45) is 0 Å². The first-order chi connectivity index (χ1) is 6.11. The minimum atomic E-state index is 0.159. The van der Waals surface area contributed by atoms with Crippen LogP contribution in [0.25, 0.3) is 0 Å². The number of hydrogen-bond acceptors (Lipinski definition) is 1. The van der Waals surface area contributed by atoms with Gasteiger partial charge in [-0.1, -0.05) is 18.4 Å². The number of carbonyl (C=O) groups is 1. The molecule has 2 heteroatoms. The summed E-state index contributed by atoms with van der Waals surface area (Å²) in [5, 5.41) is 0. The van der Waals surface area contributed by atoms with Crippen molar-refractivity contribution in [3.63, 3.8) is 0 Å². The summed E-state index contributed by atoms with van der Waals surface area (Å²) in [6, 6.07) is 0.489. The summed E-state index contributed by atoms with van der Waals surface area (Å²) >= 11 is 0. The van der Waals surface area contributed by atoms with Crippen molar-refractivity contribution in [3.8, 4) is 0 Å². The number of rotatable bonds is 2. The van der Waals surface area contributed by atoms with Gasteiger partial charge in [-0.25, -0.2) is 0 Å². The molecule has 74 valence electrons. The van der Waals surface area contributed by atoms with Crippen LogP contribution in [0.4, 0.5) is 0 Å². The Morgan fingerprint density at radius 3 is 2.31 bits per heavy atom. The zero-order chi connectivity index (χ0) is 9.84. The fourth-order valence-corrected chi connectivity index (χ4v) is 1.82. The third-order valence-electron chi connectivity index (χ3n) is 2.63. The lowest BCUT2D eigenvalue weighted by Crippen LogP contribution is -2.33. The molecule has 1 aliphatic carbocycles. The first-order valence-electron chi connectivity index (χ1n) is 5.03. The van der Waals surface area contributed by atoms with Crippen LogP contribution in [0.1, 0.15) is 39.5 Å². The third kappa shape index (κ3) is 2.87. The molecule has 1 fully saturated rings. The molecule has 13 heavy (non-hydrogen) atoms. The molecule has 0 bridgehead atoms. The van der Waals surface area contributed by atoms with E-state index in [1.807, 2.05) is 25.8 Å². The fraction of sp³-hybridized carbons (Fsp3) is 0.727. The van der Waals surface area contributed by atoms with Crippen molar-refractivity contribution in [2.45, 2.75) is 45.6 Å². The smallest absolute Gasteiger partial charge is 0.246 e. The minimum Gasteiger partial charge on any atom is -0.339 e. The van der Waals surface area contributed by atoms with Gasteiger partial charge in [0.05, 0.1) is 0 Å². The van der Waals surface area contributed by atoms with E-state index in [-0.39, 0.29) is 5.91 Å². The quantitative estimate of drug-likeness (QED) is 0.599. The summed E-state index contributed by atoms with van der Waals surface area (Å²) < 4.78 is 0. The van der Waals surface area contributed by atoms with Gasteiger partial charge in [-0.3, -0.25) is 4.79 Å². The zero-order valence-electron chi connectivity index (χ0n) is 8.84. The molecule has 0 aliphatic heterocycles. The molecule has 0 spiro atoms. The second-order valence-electron chi connectivity index (χ2n) is 4.11. The first kappa shape index (κ1) is 10.3. The molecule has 0 aromatic carbocycles. The van der Waals surface area contributed by atoms with E-state index in [1.165, 1.54) is 25.7 Å². The second kappa shape index (κ2) is 4.45. The van der Waals surface area contributed by atoms with Gasteiger partial charge in [0.25, 0.3) is 0 Å². The maximum atomic E-state index is 11.6. The Morgan fingerprint density at radius 1 is 1.31 bits per heavy atom. The van der Waals surface area contributed by atoms with E-state index in [2.05, 4.69) is 0 Å². The van der Waals surface area contributed by atoms with Crippen LogP contribution in [0.3, 0.4) is 0 Å². The summed E-state index contributed by atoms with van der Waals surface area (Å²) in [6.07, 6.45) is 6.63. The Kier molecular flexibility index (Phi) is 3.52. The molecular weight excluding hydrogens is 162 g/mol. The molecular formula is C11H19NO. The number of hydrogen-bond donors (Lipinski definition) is 0. The number of amides is 1. The Bertz CT molecular complexity index is 210. The van der Waals surface area contributed by atoms with E-state index in [1.54, 1.807) is 6.08 Å². The summed E-state index contributed by atoms with van der Waals surface area (Å²) in [4.78, 5) is 13.5. The lowest BCUT2D eigenvalue weighted by atomic mass is 10.2. The summed E-state index contributed by atoms with van der Waals surface area (Å²) in [5.41, 5.74) is 1.08. The molecule has 0 unspecified atom stereocenters. The molecule has 0 aromatic heterocycles. The van der Waals surface area contributed by atoms with E-state index >= 15 is 0 Å². The van der Waals surface area contributed by atoms with Crippen LogP contribution in [-0.2, 0) is 4.79 Å². The SMILES string of the molecule is CC(C)=CC(=O)N(C)C1CCCC1. The zero-order valence-corrected chi connectivity index (χ0v) is 8.84. The van der Waals surface area contributed by atoms with Gasteiger partial charge in [0.1, 0.15) is 0 Å². The van der Waals surface area contributed by atoms with Gasteiger partial charge in [0.15, 0.2) is 0 Å². The van der Waals surface area contributed by atoms with Gasteiger partial charge in [-0.15, -0.1) is 0 Å². The van der Waals surface area contributed by atoms with Crippen molar-refractivity contribution in [2.75, 3.05) is 7.05 Å². The highest BCUT2D eigenvalue weighted by Crippen LogP contribution is 2.22. The summed E-state index contributed by atoms with van der Waals surface area (Å²) in [7, 11) is 1.91. The Labute approximate surface area is 80.6 Å². The lowest BCUT2D eigenvalue weighted by Gasteiger charge is -2.22. The Balaban J connectivity index is 2.50. The first-order valence-corrected chi connectivity index (χ1v) is 5.03. The largest absolute Gasteiger partial charge is 0.339 e. The topological polar surface area (TPSA) is 20.3 Å². The van der Waals surface area contributed by atoms with Crippen LogP contribution >= 0.6 is 0 Å². The van der Waals surface area contributed by atoms with Gasteiger partial charge in [0.2, 0.25) is 5.91 Å². The van der Waals surface area contributed by atoms with Gasteiger partial charge >= 0.3 is 0 Å². The predicted octanol–water partition coefficient (Wildman–Crippen LogP) is 2.35. The average molecular weight is 181 g/mol. The van der Waals surface area contributed by atoms with Crippen LogP contribution in [0.5, 0.6) is 0 Å². The van der Waals surface area contributed by atoms with Gasteiger partial charge in [-0.05, 0) is 26.7 Å². The highest BCUT2D eigenvalue weighted by Gasteiger charge is 2.21. The summed E-state index contributed by atoms with van der Waals surface area (Å²) in [6.45, 7) is 3.92. The van der Waals surface area contributed by atoms with Crippen LogP contribution in [0.15, 0.2) is 11.6 Å². The van der Waals surface area contributed by atoms with Crippen LogP contribution < -0.4 is 0 Å². The predicted molar refractivity (Wildman–Crippen MR) is 54.5 cm³/mol. The third-order valence-corrected chi connectivity index (χ3v) is 2.63. The van der Waals surface area contributed by atoms with Crippen LogP contribution in [0, 0.1) is 0 Å². The van der Waals surface area contributed by atoms with E-state index in [9.17, 15) is 4.79 Å². The maximum Gasteiger partial charge on any atom is 0.246 e. The molecule has 0 radical (unpaired) electrons. The van der Waals surface area contributed by atoms with Crippen molar-refractivity contribution in [3.05, 3.63) is 11.6 Å². The van der Waals surface area contributed by atoms with Crippen molar-refractivity contribution >= 4 is 5.91 Å². The van der Waals surface area contributed by atoms with Crippen molar-refractivity contribution in [1.82, 2.24) is 4.90 Å². The highest BCUT2D eigenvalue weighted by molar-refractivity contribution is 5.88. The highest BCUT2D eigenvalue weighted by atomic mass is 16.2.